The Morgan fingerprint density at radius 3 is 2.23 bits per heavy atom. The highest BCUT2D eigenvalue weighted by molar-refractivity contribution is 5.75. The van der Waals surface area contributed by atoms with E-state index in [4.69, 9.17) is 5.26 Å². The number of carbonyl (C=O) groups is 1. The van der Waals surface area contributed by atoms with Crippen molar-refractivity contribution >= 4 is 11.7 Å². The standard InChI is InChI=1S/C24H29FN4O/c1-24(2,3)22(18-6-8-19(25)9-7-18)28-23(30)27-20-12-14-29(15-13-20)21-10-4-17(16-26)5-11-21/h4-11,20,22H,12-15H2,1-3H3,(H2,27,28,30). The van der Waals surface area contributed by atoms with Crippen molar-refractivity contribution in [3.05, 3.63) is 65.5 Å². The largest absolute Gasteiger partial charge is 0.371 e. The Hall–Kier alpha value is -3.07. The molecule has 158 valence electrons. The van der Waals surface area contributed by atoms with E-state index in [1.165, 1.54) is 12.1 Å². The average molecular weight is 409 g/mol. The normalized spacial score (nSPS) is 15.9. The zero-order valence-electron chi connectivity index (χ0n) is 17.8. The van der Waals surface area contributed by atoms with E-state index < -0.39 is 0 Å². The lowest BCUT2D eigenvalue weighted by molar-refractivity contribution is 0.213. The lowest BCUT2D eigenvalue weighted by Gasteiger charge is -2.35. The maximum atomic E-state index is 13.3. The van der Waals surface area contributed by atoms with E-state index in [1.807, 2.05) is 24.3 Å². The Balaban J connectivity index is 1.55. The fourth-order valence-corrected chi connectivity index (χ4v) is 3.84. The van der Waals surface area contributed by atoms with Crippen LogP contribution in [-0.4, -0.2) is 25.2 Å². The van der Waals surface area contributed by atoms with Gasteiger partial charge in [-0.2, -0.15) is 5.26 Å². The van der Waals surface area contributed by atoms with Gasteiger partial charge in [-0.05, 0) is 60.2 Å². The Labute approximate surface area is 177 Å². The van der Waals surface area contributed by atoms with Crippen LogP contribution in [0.25, 0.3) is 0 Å². The lowest BCUT2D eigenvalue weighted by Crippen LogP contribution is -2.50. The second-order valence-corrected chi connectivity index (χ2v) is 8.89. The fraction of sp³-hybridized carbons (Fsp3) is 0.417. The number of carbonyl (C=O) groups excluding carboxylic acids is 1. The number of benzene rings is 2. The second kappa shape index (κ2) is 9.17. The minimum atomic E-state index is -0.287. The van der Waals surface area contributed by atoms with Crippen LogP contribution in [0.1, 0.15) is 50.8 Å². The van der Waals surface area contributed by atoms with Gasteiger partial charge in [0.25, 0.3) is 0 Å². The van der Waals surface area contributed by atoms with Crippen LogP contribution in [0.15, 0.2) is 48.5 Å². The molecule has 30 heavy (non-hydrogen) atoms. The number of nitriles is 1. The van der Waals surface area contributed by atoms with E-state index in [0.717, 1.165) is 37.2 Å². The quantitative estimate of drug-likeness (QED) is 0.767. The molecule has 0 bridgehead atoms. The van der Waals surface area contributed by atoms with Gasteiger partial charge in [0.15, 0.2) is 0 Å². The Bertz CT molecular complexity index is 889. The molecular formula is C24H29FN4O. The van der Waals surface area contributed by atoms with Gasteiger partial charge in [-0.15, -0.1) is 0 Å². The third-order valence-electron chi connectivity index (χ3n) is 5.54. The number of urea groups is 1. The summed E-state index contributed by atoms with van der Waals surface area (Å²) in [6.07, 6.45) is 1.70. The monoisotopic (exact) mass is 408 g/mol. The molecule has 2 amide bonds. The molecule has 1 heterocycles. The molecule has 0 aliphatic carbocycles. The summed E-state index contributed by atoms with van der Waals surface area (Å²) in [5.74, 6) is -0.287. The van der Waals surface area contributed by atoms with Crippen molar-refractivity contribution in [1.82, 2.24) is 10.6 Å². The van der Waals surface area contributed by atoms with Crippen molar-refractivity contribution in [2.75, 3.05) is 18.0 Å². The SMILES string of the molecule is CC(C)(C)C(NC(=O)NC1CCN(c2ccc(C#N)cc2)CC1)c1ccc(F)cc1. The van der Waals surface area contributed by atoms with Gasteiger partial charge in [0.2, 0.25) is 0 Å². The summed E-state index contributed by atoms with van der Waals surface area (Å²) in [5, 5.41) is 15.1. The first kappa shape index (κ1) is 21.6. The van der Waals surface area contributed by atoms with Gasteiger partial charge in [0, 0.05) is 24.8 Å². The molecule has 5 nitrogen and oxygen atoms in total. The van der Waals surface area contributed by atoms with Crippen molar-refractivity contribution in [1.29, 1.82) is 5.26 Å². The molecule has 1 saturated heterocycles. The molecule has 1 unspecified atom stereocenters. The van der Waals surface area contributed by atoms with Crippen LogP contribution in [0.5, 0.6) is 0 Å². The van der Waals surface area contributed by atoms with E-state index in [0.29, 0.717) is 5.56 Å². The predicted octanol–water partition coefficient (Wildman–Crippen LogP) is 4.75. The second-order valence-electron chi connectivity index (χ2n) is 8.89. The number of nitrogens with zero attached hydrogens (tertiary/aromatic N) is 2. The first-order valence-corrected chi connectivity index (χ1v) is 10.3. The van der Waals surface area contributed by atoms with Crippen molar-refractivity contribution in [2.45, 2.75) is 45.7 Å². The molecule has 1 fully saturated rings. The molecule has 2 aromatic rings. The summed E-state index contributed by atoms with van der Waals surface area (Å²) >= 11 is 0. The molecule has 1 aliphatic rings. The molecule has 0 radical (unpaired) electrons. The van der Waals surface area contributed by atoms with Crippen LogP contribution in [0.4, 0.5) is 14.9 Å². The van der Waals surface area contributed by atoms with Gasteiger partial charge >= 0.3 is 6.03 Å². The number of anilines is 1. The molecule has 3 rings (SSSR count). The summed E-state index contributed by atoms with van der Waals surface area (Å²) in [4.78, 5) is 15.0. The van der Waals surface area contributed by atoms with Crippen molar-refractivity contribution in [3.8, 4) is 6.07 Å². The maximum Gasteiger partial charge on any atom is 0.315 e. The smallest absolute Gasteiger partial charge is 0.315 e. The van der Waals surface area contributed by atoms with Crippen molar-refractivity contribution in [2.24, 2.45) is 5.41 Å². The van der Waals surface area contributed by atoms with Crippen LogP contribution in [0.2, 0.25) is 0 Å². The van der Waals surface area contributed by atoms with Crippen molar-refractivity contribution in [3.63, 3.8) is 0 Å². The number of hydrogen-bond donors (Lipinski definition) is 2. The first-order chi connectivity index (χ1) is 14.3. The topological polar surface area (TPSA) is 68.2 Å². The summed E-state index contributed by atoms with van der Waals surface area (Å²) in [6.45, 7) is 7.85. The van der Waals surface area contributed by atoms with Crippen LogP contribution in [0, 0.1) is 22.6 Å². The summed E-state index contributed by atoms with van der Waals surface area (Å²) in [5.41, 5.74) is 2.42. The highest BCUT2D eigenvalue weighted by atomic mass is 19.1. The van der Waals surface area contributed by atoms with Crippen LogP contribution in [0.3, 0.4) is 0 Å². The predicted molar refractivity (Wildman–Crippen MR) is 117 cm³/mol. The third-order valence-corrected chi connectivity index (χ3v) is 5.54. The number of rotatable bonds is 4. The van der Waals surface area contributed by atoms with Gasteiger partial charge in [0.1, 0.15) is 5.82 Å². The minimum Gasteiger partial charge on any atom is -0.371 e. The molecule has 0 spiro atoms. The highest BCUT2D eigenvalue weighted by Gasteiger charge is 2.29. The fourth-order valence-electron chi connectivity index (χ4n) is 3.84. The Kier molecular flexibility index (Phi) is 6.61. The van der Waals surface area contributed by atoms with Gasteiger partial charge in [-0.1, -0.05) is 32.9 Å². The number of nitrogens with one attached hydrogen (secondary N) is 2. The van der Waals surface area contributed by atoms with Gasteiger partial charge in [0.05, 0.1) is 17.7 Å². The third kappa shape index (κ3) is 5.50. The summed E-state index contributed by atoms with van der Waals surface area (Å²) < 4.78 is 13.3. The highest BCUT2D eigenvalue weighted by Crippen LogP contribution is 2.32. The van der Waals surface area contributed by atoms with E-state index in [-0.39, 0.29) is 29.3 Å². The van der Waals surface area contributed by atoms with Gasteiger partial charge < -0.3 is 15.5 Å². The Morgan fingerprint density at radius 2 is 1.70 bits per heavy atom. The van der Waals surface area contributed by atoms with Crippen LogP contribution >= 0.6 is 0 Å². The lowest BCUT2D eigenvalue weighted by atomic mass is 9.82. The summed E-state index contributed by atoms with van der Waals surface area (Å²) in [6, 6.07) is 15.7. The molecule has 2 aromatic carbocycles. The molecule has 6 heteroatoms. The van der Waals surface area contributed by atoms with Crippen LogP contribution in [-0.2, 0) is 0 Å². The number of hydrogen-bond acceptors (Lipinski definition) is 3. The molecule has 1 atom stereocenters. The molecule has 0 aromatic heterocycles. The minimum absolute atomic E-state index is 0.105. The van der Waals surface area contributed by atoms with E-state index in [9.17, 15) is 9.18 Å². The van der Waals surface area contributed by atoms with E-state index in [2.05, 4.69) is 42.4 Å². The van der Waals surface area contributed by atoms with Gasteiger partial charge in [-0.25, -0.2) is 9.18 Å². The van der Waals surface area contributed by atoms with E-state index >= 15 is 0 Å². The van der Waals surface area contributed by atoms with Crippen LogP contribution < -0.4 is 15.5 Å². The zero-order chi connectivity index (χ0) is 21.7. The number of piperidine rings is 1. The molecular weight excluding hydrogens is 379 g/mol. The first-order valence-electron chi connectivity index (χ1n) is 10.3. The Morgan fingerprint density at radius 1 is 1.10 bits per heavy atom. The number of halogens is 1. The molecule has 1 aliphatic heterocycles. The number of amides is 2. The van der Waals surface area contributed by atoms with Gasteiger partial charge in [-0.3, -0.25) is 0 Å². The average Bonchev–Trinajstić information content (AvgIpc) is 2.73. The van der Waals surface area contributed by atoms with E-state index in [1.54, 1.807) is 12.1 Å². The zero-order valence-corrected chi connectivity index (χ0v) is 17.8. The van der Waals surface area contributed by atoms with Crippen molar-refractivity contribution < 1.29 is 9.18 Å². The molecule has 0 saturated carbocycles. The molecule has 2 N–H and O–H groups in total. The maximum absolute atomic E-state index is 13.3. The summed E-state index contributed by atoms with van der Waals surface area (Å²) in [7, 11) is 0.